The standard InChI is InChI=1S/C17H16ClNO5/c18-12-4-1-2-5-15(12)24-9-3-6-16(21)19-13-8-7-11(17(22)23)10-14(13)20/h1-2,4-5,7-8,10,20H,3,6,9H2,(H,19,21)(H,22,23). The Balaban J connectivity index is 1.79. The van der Waals surface area contributed by atoms with Gasteiger partial charge in [0, 0.05) is 6.42 Å². The maximum Gasteiger partial charge on any atom is 0.335 e. The Morgan fingerprint density at radius 2 is 1.92 bits per heavy atom. The molecule has 2 aromatic rings. The Kier molecular flexibility index (Phi) is 6.03. The van der Waals surface area contributed by atoms with Crippen LogP contribution in [0.3, 0.4) is 0 Å². The topological polar surface area (TPSA) is 95.9 Å². The highest BCUT2D eigenvalue weighted by Crippen LogP contribution is 2.25. The van der Waals surface area contributed by atoms with Crippen molar-refractivity contribution in [1.29, 1.82) is 0 Å². The van der Waals surface area contributed by atoms with Crippen LogP contribution < -0.4 is 10.1 Å². The number of para-hydroxylation sites is 1. The number of aromatic carboxylic acids is 1. The maximum absolute atomic E-state index is 11.8. The first-order valence-corrected chi connectivity index (χ1v) is 7.58. The molecule has 7 heteroatoms. The first-order valence-electron chi connectivity index (χ1n) is 7.21. The number of hydrogen-bond acceptors (Lipinski definition) is 4. The van der Waals surface area contributed by atoms with E-state index in [9.17, 15) is 14.7 Å². The lowest BCUT2D eigenvalue weighted by Gasteiger charge is -2.09. The van der Waals surface area contributed by atoms with Crippen LogP contribution in [-0.4, -0.2) is 28.7 Å². The van der Waals surface area contributed by atoms with Crippen LogP contribution in [-0.2, 0) is 4.79 Å². The number of benzene rings is 2. The van der Waals surface area contributed by atoms with E-state index in [0.717, 1.165) is 6.07 Å². The van der Waals surface area contributed by atoms with Crippen LogP contribution in [0.5, 0.6) is 11.5 Å². The average molecular weight is 350 g/mol. The first kappa shape index (κ1) is 17.6. The number of carbonyl (C=O) groups excluding carboxylic acids is 1. The average Bonchev–Trinajstić information content (AvgIpc) is 2.55. The van der Waals surface area contributed by atoms with Gasteiger partial charge in [-0.25, -0.2) is 4.79 Å². The second-order valence-corrected chi connectivity index (χ2v) is 5.37. The number of anilines is 1. The lowest BCUT2D eigenvalue weighted by Crippen LogP contribution is -2.13. The molecule has 0 aromatic heterocycles. The van der Waals surface area contributed by atoms with E-state index >= 15 is 0 Å². The van der Waals surface area contributed by atoms with Gasteiger partial charge in [0.1, 0.15) is 11.5 Å². The molecule has 2 rings (SSSR count). The second kappa shape index (κ2) is 8.21. The van der Waals surface area contributed by atoms with Gasteiger partial charge >= 0.3 is 5.97 Å². The number of rotatable bonds is 7. The van der Waals surface area contributed by atoms with Crippen LogP contribution in [0.25, 0.3) is 0 Å². The van der Waals surface area contributed by atoms with E-state index in [4.69, 9.17) is 21.4 Å². The van der Waals surface area contributed by atoms with Crippen molar-refractivity contribution < 1.29 is 24.5 Å². The van der Waals surface area contributed by atoms with E-state index < -0.39 is 5.97 Å². The summed E-state index contributed by atoms with van der Waals surface area (Å²) in [5, 5.41) is 21.6. The highest BCUT2D eigenvalue weighted by molar-refractivity contribution is 6.32. The minimum atomic E-state index is -1.15. The van der Waals surface area contributed by atoms with Crippen LogP contribution in [0.15, 0.2) is 42.5 Å². The van der Waals surface area contributed by atoms with E-state index in [1.54, 1.807) is 24.3 Å². The summed E-state index contributed by atoms with van der Waals surface area (Å²) < 4.78 is 5.48. The quantitative estimate of drug-likeness (QED) is 0.525. The number of carboxylic acid groups (broad SMARTS) is 1. The summed E-state index contributed by atoms with van der Waals surface area (Å²) in [6.45, 7) is 0.321. The lowest BCUT2D eigenvalue weighted by atomic mass is 10.2. The summed E-state index contributed by atoms with van der Waals surface area (Å²) in [5.74, 6) is -1.20. The summed E-state index contributed by atoms with van der Waals surface area (Å²) in [5.41, 5.74) is 0.107. The molecule has 0 bridgehead atoms. The predicted octanol–water partition coefficient (Wildman–Crippen LogP) is 3.54. The summed E-state index contributed by atoms with van der Waals surface area (Å²) in [6, 6.07) is 10.8. The third-order valence-electron chi connectivity index (χ3n) is 3.16. The van der Waals surface area contributed by atoms with Gasteiger partial charge in [-0.15, -0.1) is 0 Å². The molecule has 0 aliphatic rings. The van der Waals surface area contributed by atoms with Crippen molar-refractivity contribution in [3.63, 3.8) is 0 Å². The van der Waals surface area contributed by atoms with Gasteiger partial charge in [-0.3, -0.25) is 4.79 Å². The zero-order chi connectivity index (χ0) is 17.5. The molecule has 0 radical (unpaired) electrons. The van der Waals surface area contributed by atoms with Crippen molar-refractivity contribution in [3.8, 4) is 11.5 Å². The summed E-state index contributed by atoms with van der Waals surface area (Å²) >= 11 is 5.95. The Labute approximate surface area is 143 Å². The highest BCUT2D eigenvalue weighted by atomic mass is 35.5. The number of nitrogens with one attached hydrogen (secondary N) is 1. The van der Waals surface area contributed by atoms with Crippen molar-refractivity contribution in [1.82, 2.24) is 0 Å². The highest BCUT2D eigenvalue weighted by Gasteiger charge is 2.10. The van der Waals surface area contributed by atoms with Crippen LogP contribution in [0.1, 0.15) is 23.2 Å². The monoisotopic (exact) mass is 349 g/mol. The van der Waals surface area contributed by atoms with Crippen LogP contribution in [0.2, 0.25) is 5.02 Å². The Bertz CT molecular complexity index is 748. The Hall–Kier alpha value is -2.73. The minimum Gasteiger partial charge on any atom is -0.506 e. The molecule has 24 heavy (non-hydrogen) atoms. The van der Waals surface area contributed by atoms with Gasteiger partial charge in [-0.2, -0.15) is 0 Å². The van der Waals surface area contributed by atoms with Crippen molar-refractivity contribution in [2.75, 3.05) is 11.9 Å². The van der Waals surface area contributed by atoms with Crippen molar-refractivity contribution in [3.05, 3.63) is 53.1 Å². The molecule has 0 atom stereocenters. The van der Waals surface area contributed by atoms with E-state index in [2.05, 4.69) is 5.32 Å². The molecule has 3 N–H and O–H groups in total. The predicted molar refractivity (Wildman–Crippen MR) is 89.9 cm³/mol. The second-order valence-electron chi connectivity index (χ2n) is 4.97. The van der Waals surface area contributed by atoms with Crippen LogP contribution >= 0.6 is 11.6 Å². The number of aromatic hydroxyl groups is 1. The van der Waals surface area contributed by atoms with E-state index in [1.165, 1.54) is 12.1 Å². The Morgan fingerprint density at radius 3 is 2.58 bits per heavy atom. The molecular weight excluding hydrogens is 334 g/mol. The minimum absolute atomic E-state index is 0.0568. The summed E-state index contributed by atoms with van der Waals surface area (Å²) in [6.07, 6.45) is 0.648. The molecule has 6 nitrogen and oxygen atoms in total. The van der Waals surface area contributed by atoms with Gasteiger partial charge in [-0.05, 0) is 36.8 Å². The lowest BCUT2D eigenvalue weighted by molar-refractivity contribution is -0.116. The molecule has 2 aromatic carbocycles. The maximum atomic E-state index is 11.8. The molecule has 0 aliphatic heterocycles. The summed E-state index contributed by atoms with van der Waals surface area (Å²) in [7, 11) is 0. The van der Waals surface area contributed by atoms with E-state index in [1.807, 2.05) is 0 Å². The van der Waals surface area contributed by atoms with Gasteiger partial charge < -0.3 is 20.3 Å². The van der Waals surface area contributed by atoms with Gasteiger partial charge in [0.2, 0.25) is 5.91 Å². The normalized spacial score (nSPS) is 10.2. The zero-order valence-electron chi connectivity index (χ0n) is 12.7. The fourth-order valence-corrected chi connectivity index (χ4v) is 2.15. The number of hydrogen-bond donors (Lipinski definition) is 3. The number of carbonyl (C=O) groups is 2. The van der Waals surface area contributed by atoms with Crippen molar-refractivity contribution in [2.45, 2.75) is 12.8 Å². The largest absolute Gasteiger partial charge is 0.506 e. The van der Waals surface area contributed by atoms with Crippen molar-refractivity contribution in [2.24, 2.45) is 0 Å². The first-order chi connectivity index (χ1) is 11.5. The molecular formula is C17H16ClNO5. The number of phenols is 1. The van der Waals surface area contributed by atoms with Gasteiger partial charge in [-0.1, -0.05) is 23.7 Å². The SMILES string of the molecule is O=C(CCCOc1ccccc1Cl)Nc1ccc(C(=O)O)cc1O. The number of amides is 1. The molecule has 0 aliphatic carbocycles. The van der Waals surface area contributed by atoms with Crippen molar-refractivity contribution >= 4 is 29.2 Å². The van der Waals surface area contributed by atoms with E-state index in [-0.39, 0.29) is 29.3 Å². The smallest absolute Gasteiger partial charge is 0.335 e. The number of ether oxygens (including phenoxy) is 1. The molecule has 0 saturated heterocycles. The fraction of sp³-hybridized carbons (Fsp3) is 0.176. The fourth-order valence-electron chi connectivity index (χ4n) is 1.96. The third-order valence-corrected chi connectivity index (χ3v) is 3.47. The van der Waals surface area contributed by atoms with Crippen LogP contribution in [0.4, 0.5) is 5.69 Å². The van der Waals surface area contributed by atoms with Gasteiger partial charge in [0.15, 0.2) is 0 Å². The molecule has 0 fully saturated rings. The molecule has 0 saturated carbocycles. The summed E-state index contributed by atoms with van der Waals surface area (Å²) in [4.78, 5) is 22.6. The molecule has 1 amide bonds. The zero-order valence-corrected chi connectivity index (χ0v) is 13.4. The third kappa shape index (κ3) is 4.89. The molecule has 126 valence electrons. The van der Waals surface area contributed by atoms with Crippen LogP contribution in [0, 0.1) is 0 Å². The molecule has 0 heterocycles. The molecule has 0 spiro atoms. The van der Waals surface area contributed by atoms with Gasteiger partial charge in [0.05, 0.1) is 22.9 Å². The van der Waals surface area contributed by atoms with E-state index in [0.29, 0.717) is 23.8 Å². The number of halogens is 1. The Morgan fingerprint density at radius 1 is 1.17 bits per heavy atom. The molecule has 0 unspecified atom stereocenters. The number of phenolic OH excluding ortho intramolecular Hbond substituents is 1. The number of carboxylic acids is 1. The van der Waals surface area contributed by atoms with Gasteiger partial charge in [0.25, 0.3) is 0 Å².